The Morgan fingerprint density at radius 2 is 1.85 bits per heavy atom. The van der Waals surface area contributed by atoms with Crippen LogP contribution >= 0.6 is 0 Å². The van der Waals surface area contributed by atoms with Crippen molar-refractivity contribution >= 4 is 5.91 Å². The summed E-state index contributed by atoms with van der Waals surface area (Å²) in [6, 6.07) is 16.3. The molecule has 33 heavy (non-hydrogen) atoms. The largest absolute Gasteiger partial charge is 0.497 e. The fourth-order valence-corrected chi connectivity index (χ4v) is 5.00. The lowest BCUT2D eigenvalue weighted by Gasteiger charge is -2.40. The van der Waals surface area contributed by atoms with Gasteiger partial charge in [0.25, 0.3) is 0 Å². The Bertz CT molecular complexity index is 893. The Morgan fingerprint density at radius 3 is 2.48 bits per heavy atom. The molecule has 2 aromatic rings. The van der Waals surface area contributed by atoms with E-state index in [4.69, 9.17) is 14.2 Å². The number of rotatable bonds is 10. The van der Waals surface area contributed by atoms with E-state index in [1.54, 1.807) is 14.2 Å². The van der Waals surface area contributed by atoms with Crippen LogP contribution in [0, 0.1) is 5.92 Å². The molecule has 1 saturated heterocycles. The van der Waals surface area contributed by atoms with Gasteiger partial charge in [0.15, 0.2) is 0 Å². The zero-order valence-corrected chi connectivity index (χ0v) is 20.8. The lowest BCUT2D eigenvalue weighted by atomic mass is 9.75. The first-order valence-electron chi connectivity index (χ1n) is 12.0. The average Bonchev–Trinajstić information content (AvgIpc) is 2.83. The van der Waals surface area contributed by atoms with Gasteiger partial charge in [0, 0.05) is 26.1 Å². The molecule has 1 fully saturated rings. The van der Waals surface area contributed by atoms with Crippen molar-refractivity contribution in [1.82, 2.24) is 4.90 Å². The summed E-state index contributed by atoms with van der Waals surface area (Å²) in [6.45, 7) is 8.37. The zero-order valence-electron chi connectivity index (χ0n) is 20.8. The number of carbonyl (C=O) groups is 1. The lowest BCUT2D eigenvalue weighted by Crippen LogP contribution is -2.38. The Labute approximate surface area is 199 Å². The first-order chi connectivity index (χ1) is 15.9. The SMILES string of the molecule is CCC(=O)N(CC[C@H](c1ccccc1OC)[C@H]1CCOC(C)(C)C1)Cc1ccc(OC)cc1. The molecule has 0 saturated carbocycles. The smallest absolute Gasteiger partial charge is 0.222 e. The minimum absolute atomic E-state index is 0.134. The molecule has 1 heterocycles. The average molecular weight is 454 g/mol. The fourth-order valence-electron chi connectivity index (χ4n) is 5.00. The molecule has 0 aromatic heterocycles. The van der Waals surface area contributed by atoms with Gasteiger partial charge in [0.2, 0.25) is 5.91 Å². The molecule has 0 aliphatic carbocycles. The Morgan fingerprint density at radius 1 is 1.12 bits per heavy atom. The monoisotopic (exact) mass is 453 g/mol. The van der Waals surface area contributed by atoms with Gasteiger partial charge in [-0.25, -0.2) is 0 Å². The van der Waals surface area contributed by atoms with Gasteiger partial charge in [-0.1, -0.05) is 37.3 Å². The van der Waals surface area contributed by atoms with Crippen molar-refractivity contribution in [3.05, 3.63) is 59.7 Å². The van der Waals surface area contributed by atoms with Crippen molar-refractivity contribution in [3.63, 3.8) is 0 Å². The normalized spacial score (nSPS) is 18.4. The third kappa shape index (κ3) is 6.73. The molecule has 2 aromatic carbocycles. The molecule has 3 rings (SSSR count). The molecule has 0 radical (unpaired) electrons. The van der Waals surface area contributed by atoms with E-state index in [0.717, 1.165) is 42.9 Å². The Hall–Kier alpha value is -2.53. The predicted molar refractivity (Wildman–Crippen MR) is 132 cm³/mol. The topological polar surface area (TPSA) is 48.0 Å². The number of benzene rings is 2. The van der Waals surface area contributed by atoms with Crippen LogP contribution in [0.3, 0.4) is 0 Å². The molecular weight excluding hydrogens is 414 g/mol. The van der Waals surface area contributed by atoms with Gasteiger partial charge in [-0.2, -0.15) is 0 Å². The van der Waals surface area contributed by atoms with Crippen LogP contribution in [0.4, 0.5) is 0 Å². The first-order valence-corrected chi connectivity index (χ1v) is 12.0. The molecule has 0 bridgehead atoms. The van der Waals surface area contributed by atoms with E-state index in [2.05, 4.69) is 26.0 Å². The maximum absolute atomic E-state index is 12.8. The second-order valence-corrected chi connectivity index (χ2v) is 9.52. The summed E-state index contributed by atoms with van der Waals surface area (Å²) in [4.78, 5) is 14.8. The first kappa shape index (κ1) is 25.1. The Kier molecular flexibility index (Phi) is 8.79. The number of ether oxygens (including phenoxy) is 3. The van der Waals surface area contributed by atoms with Crippen LogP contribution in [0.1, 0.15) is 63.5 Å². The van der Waals surface area contributed by atoms with Crippen molar-refractivity contribution in [3.8, 4) is 11.5 Å². The van der Waals surface area contributed by atoms with Gasteiger partial charge in [-0.3, -0.25) is 4.79 Å². The number of hydrogen-bond donors (Lipinski definition) is 0. The van der Waals surface area contributed by atoms with E-state index >= 15 is 0 Å². The molecule has 1 aliphatic heterocycles. The molecule has 1 aliphatic rings. The molecule has 180 valence electrons. The minimum atomic E-state index is -0.134. The molecule has 0 spiro atoms. The summed E-state index contributed by atoms with van der Waals surface area (Å²) in [5.74, 6) is 2.70. The summed E-state index contributed by atoms with van der Waals surface area (Å²) in [5.41, 5.74) is 2.21. The van der Waals surface area contributed by atoms with Gasteiger partial charge in [0.1, 0.15) is 11.5 Å². The summed E-state index contributed by atoms with van der Waals surface area (Å²) < 4.78 is 17.0. The van der Waals surface area contributed by atoms with Gasteiger partial charge >= 0.3 is 0 Å². The van der Waals surface area contributed by atoms with E-state index in [1.807, 2.05) is 48.2 Å². The molecule has 0 N–H and O–H groups in total. The van der Waals surface area contributed by atoms with E-state index in [0.29, 0.717) is 31.3 Å². The number of methoxy groups -OCH3 is 2. The molecular formula is C28H39NO4. The Balaban J connectivity index is 1.82. The van der Waals surface area contributed by atoms with Crippen LogP contribution in [0.5, 0.6) is 11.5 Å². The number of para-hydroxylation sites is 1. The predicted octanol–water partition coefficient (Wildman–Crippen LogP) is 5.82. The summed E-state index contributed by atoms with van der Waals surface area (Å²) in [6.07, 6.45) is 3.41. The third-order valence-electron chi connectivity index (χ3n) is 6.74. The standard InChI is InChI=1S/C28H39NO4/c1-6-27(30)29(20-21-11-13-23(31-4)14-12-21)17-15-24(22-16-18-33-28(2,3)19-22)25-9-7-8-10-26(25)32-5/h7-14,22,24H,6,15-20H2,1-5H3/t22-,24-/m0/s1. The highest BCUT2D eigenvalue weighted by molar-refractivity contribution is 5.75. The number of amides is 1. The number of carbonyl (C=O) groups excluding carboxylic acids is 1. The molecule has 1 amide bonds. The van der Waals surface area contributed by atoms with Crippen LogP contribution in [0.25, 0.3) is 0 Å². The highest BCUT2D eigenvalue weighted by Gasteiger charge is 2.35. The lowest BCUT2D eigenvalue weighted by molar-refractivity contribution is -0.131. The van der Waals surface area contributed by atoms with E-state index in [9.17, 15) is 4.79 Å². The molecule has 0 unspecified atom stereocenters. The van der Waals surface area contributed by atoms with E-state index in [1.165, 1.54) is 5.56 Å². The van der Waals surface area contributed by atoms with Crippen LogP contribution in [0.2, 0.25) is 0 Å². The summed E-state index contributed by atoms with van der Waals surface area (Å²) >= 11 is 0. The third-order valence-corrected chi connectivity index (χ3v) is 6.74. The van der Waals surface area contributed by atoms with Crippen LogP contribution in [-0.4, -0.2) is 43.8 Å². The van der Waals surface area contributed by atoms with Crippen LogP contribution < -0.4 is 9.47 Å². The fraction of sp³-hybridized carbons (Fsp3) is 0.536. The highest BCUT2D eigenvalue weighted by atomic mass is 16.5. The van der Waals surface area contributed by atoms with E-state index in [-0.39, 0.29) is 11.5 Å². The minimum Gasteiger partial charge on any atom is -0.497 e. The maximum Gasteiger partial charge on any atom is 0.222 e. The zero-order chi connectivity index (χ0) is 23.8. The van der Waals surface area contributed by atoms with Crippen molar-refractivity contribution in [2.45, 2.75) is 64.5 Å². The second-order valence-electron chi connectivity index (χ2n) is 9.52. The van der Waals surface area contributed by atoms with Gasteiger partial charge in [-0.05, 0) is 74.3 Å². The van der Waals surface area contributed by atoms with Gasteiger partial charge in [-0.15, -0.1) is 0 Å². The number of nitrogens with zero attached hydrogens (tertiary/aromatic N) is 1. The molecule has 5 heteroatoms. The van der Waals surface area contributed by atoms with Crippen molar-refractivity contribution < 1.29 is 19.0 Å². The quantitative estimate of drug-likeness (QED) is 0.455. The van der Waals surface area contributed by atoms with Crippen molar-refractivity contribution in [1.29, 1.82) is 0 Å². The van der Waals surface area contributed by atoms with Crippen molar-refractivity contribution in [2.75, 3.05) is 27.4 Å². The van der Waals surface area contributed by atoms with Gasteiger partial charge in [0.05, 0.1) is 19.8 Å². The summed E-state index contributed by atoms with van der Waals surface area (Å²) in [5, 5.41) is 0. The molecule has 2 atom stereocenters. The van der Waals surface area contributed by atoms with Crippen LogP contribution in [-0.2, 0) is 16.1 Å². The highest BCUT2D eigenvalue weighted by Crippen LogP contribution is 2.42. The van der Waals surface area contributed by atoms with Crippen molar-refractivity contribution in [2.24, 2.45) is 5.92 Å². The van der Waals surface area contributed by atoms with Gasteiger partial charge < -0.3 is 19.1 Å². The van der Waals surface area contributed by atoms with E-state index < -0.39 is 0 Å². The molecule has 5 nitrogen and oxygen atoms in total. The number of hydrogen-bond acceptors (Lipinski definition) is 4. The van der Waals surface area contributed by atoms with Crippen LogP contribution in [0.15, 0.2) is 48.5 Å². The maximum atomic E-state index is 12.8. The second kappa shape index (κ2) is 11.6. The summed E-state index contributed by atoms with van der Waals surface area (Å²) in [7, 11) is 3.40.